The predicted octanol–water partition coefficient (Wildman–Crippen LogP) is 4.22. The Morgan fingerprint density at radius 2 is 1.96 bits per heavy atom. The van der Waals surface area contributed by atoms with E-state index in [-0.39, 0.29) is 5.37 Å². The van der Waals surface area contributed by atoms with Gasteiger partial charge in [0.1, 0.15) is 12.6 Å². The number of aliphatic carboxylic acids is 1. The molecular formula is C22H21NO4S. The molecule has 0 aromatic heterocycles. The van der Waals surface area contributed by atoms with Crippen molar-refractivity contribution in [2.75, 3.05) is 12.9 Å². The Labute approximate surface area is 167 Å². The smallest absolute Gasteiger partial charge is 0.321 e. The monoisotopic (exact) mass is 395 g/mol. The average molecular weight is 395 g/mol. The molecule has 144 valence electrons. The Balaban J connectivity index is 1.51. The van der Waals surface area contributed by atoms with Gasteiger partial charge in [0.05, 0.1) is 12.5 Å². The first kappa shape index (κ1) is 18.7. The number of benzene rings is 3. The molecule has 1 aliphatic rings. The van der Waals surface area contributed by atoms with Crippen LogP contribution in [-0.2, 0) is 11.4 Å². The molecule has 0 saturated carbocycles. The van der Waals surface area contributed by atoms with Crippen molar-refractivity contribution in [3.05, 3.63) is 71.8 Å². The average Bonchev–Trinajstić information content (AvgIpc) is 3.23. The summed E-state index contributed by atoms with van der Waals surface area (Å²) in [4.78, 5) is 11.1. The number of nitrogens with one attached hydrogen (secondary N) is 1. The highest BCUT2D eigenvalue weighted by Gasteiger charge is 2.30. The van der Waals surface area contributed by atoms with Crippen LogP contribution in [0.1, 0.15) is 16.5 Å². The first-order valence-corrected chi connectivity index (χ1v) is 10.1. The second kappa shape index (κ2) is 8.12. The molecule has 0 amide bonds. The Morgan fingerprint density at radius 3 is 2.75 bits per heavy atom. The van der Waals surface area contributed by atoms with E-state index in [4.69, 9.17) is 14.6 Å². The van der Waals surface area contributed by atoms with Crippen molar-refractivity contribution in [2.24, 2.45) is 0 Å². The van der Waals surface area contributed by atoms with Gasteiger partial charge in [-0.15, -0.1) is 11.8 Å². The molecule has 28 heavy (non-hydrogen) atoms. The van der Waals surface area contributed by atoms with E-state index >= 15 is 0 Å². The second-order valence-corrected chi connectivity index (χ2v) is 7.75. The molecule has 1 heterocycles. The second-order valence-electron chi connectivity index (χ2n) is 6.61. The maximum absolute atomic E-state index is 11.1. The Kier molecular flexibility index (Phi) is 5.41. The van der Waals surface area contributed by atoms with Crippen LogP contribution in [0, 0.1) is 0 Å². The maximum atomic E-state index is 11.1. The summed E-state index contributed by atoms with van der Waals surface area (Å²) in [6.45, 7) is 0.439. The number of fused-ring (bicyclic) bond motifs is 1. The van der Waals surface area contributed by atoms with Gasteiger partial charge in [-0.05, 0) is 34.0 Å². The molecule has 2 unspecified atom stereocenters. The first-order chi connectivity index (χ1) is 13.7. The molecule has 6 heteroatoms. The number of rotatable bonds is 6. The standard InChI is InChI=1S/C22H21NO4S/c1-26-20-11-15(21-23-18(13-28-21)22(24)25)9-10-19(20)27-12-16-7-4-6-14-5-2-3-8-17(14)16/h2-11,18,21,23H,12-13H2,1H3,(H,24,25). The lowest BCUT2D eigenvalue weighted by molar-refractivity contribution is -0.138. The number of ether oxygens (including phenoxy) is 2. The van der Waals surface area contributed by atoms with Gasteiger partial charge in [-0.3, -0.25) is 10.1 Å². The summed E-state index contributed by atoms with van der Waals surface area (Å²) in [7, 11) is 1.61. The minimum atomic E-state index is -0.822. The van der Waals surface area contributed by atoms with Crippen molar-refractivity contribution in [3.8, 4) is 11.5 Å². The molecule has 0 radical (unpaired) electrons. The fourth-order valence-corrected chi connectivity index (χ4v) is 4.57. The van der Waals surface area contributed by atoms with Crippen LogP contribution in [0.2, 0.25) is 0 Å². The van der Waals surface area contributed by atoms with Gasteiger partial charge in [-0.1, -0.05) is 48.5 Å². The summed E-state index contributed by atoms with van der Waals surface area (Å²) in [5.41, 5.74) is 2.09. The zero-order chi connectivity index (χ0) is 19.5. The number of carboxylic acids is 1. The summed E-state index contributed by atoms with van der Waals surface area (Å²) < 4.78 is 11.6. The summed E-state index contributed by atoms with van der Waals surface area (Å²) in [6.07, 6.45) is 0. The number of carbonyl (C=O) groups is 1. The van der Waals surface area contributed by atoms with Crippen LogP contribution >= 0.6 is 11.8 Å². The van der Waals surface area contributed by atoms with Crippen LogP contribution in [0.25, 0.3) is 10.8 Å². The summed E-state index contributed by atoms with van der Waals surface area (Å²) in [5, 5.41) is 14.6. The highest BCUT2D eigenvalue weighted by Crippen LogP contribution is 2.37. The summed E-state index contributed by atoms with van der Waals surface area (Å²) in [5.74, 6) is 1.02. The van der Waals surface area contributed by atoms with Crippen LogP contribution in [0.4, 0.5) is 0 Å². The highest BCUT2D eigenvalue weighted by molar-refractivity contribution is 7.99. The number of thioether (sulfide) groups is 1. The van der Waals surface area contributed by atoms with Gasteiger partial charge >= 0.3 is 5.97 Å². The lowest BCUT2D eigenvalue weighted by atomic mass is 10.1. The van der Waals surface area contributed by atoms with E-state index in [1.54, 1.807) is 18.9 Å². The molecule has 4 rings (SSSR count). The number of methoxy groups -OCH3 is 1. The first-order valence-electron chi connectivity index (χ1n) is 9.03. The van der Waals surface area contributed by atoms with Crippen molar-refractivity contribution in [2.45, 2.75) is 18.0 Å². The van der Waals surface area contributed by atoms with E-state index in [0.29, 0.717) is 23.9 Å². The molecule has 1 fully saturated rings. The van der Waals surface area contributed by atoms with Crippen LogP contribution < -0.4 is 14.8 Å². The fourth-order valence-electron chi connectivity index (χ4n) is 3.35. The number of hydrogen-bond acceptors (Lipinski definition) is 5. The van der Waals surface area contributed by atoms with Crippen molar-refractivity contribution < 1.29 is 19.4 Å². The number of carboxylic acid groups (broad SMARTS) is 1. The van der Waals surface area contributed by atoms with Crippen molar-refractivity contribution in [3.63, 3.8) is 0 Å². The molecule has 0 spiro atoms. The minimum absolute atomic E-state index is 0.0675. The number of hydrogen-bond donors (Lipinski definition) is 2. The normalized spacial score (nSPS) is 18.9. The Morgan fingerprint density at radius 1 is 1.14 bits per heavy atom. The molecule has 0 aliphatic carbocycles. The van der Waals surface area contributed by atoms with Crippen LogP contribution in [-0.4, -0.2) is 30.0 Å². The summed E-state index contributed by atoms with van der Waals surface area (Å²) >= 11 is 1.58. The van der Waals surface area contributed by atoms with Crippen molar-refractivity contribution in [1.82, 2.24) is 5.32 Å². The van der Waals surface area contributed by atoms with E-state index in [1.807, 2.05) is 36.4 Å². The minimum Gasteiger partial charge on any atom is -0.493 e. The zero-order valence-electron chi connectivity index (χ0n) is 15.4. The molecule has 2 N–H and O–H groups in total. The fraction of sp³-hybridized carbons (Fsp3) is 0.227. The predicted molar refractivity (Wildman–Crippen MR) is 111 cm³/mol. The van der Waals surface area contributed by atoms with Gasteiger partial charge in [-0.2, -0.15) is 0 Å². The third kappa shape index (κ3) is 3.79. The lowest BCUT2D eigenvalue weighted by Crippen LogP contribution is -2.33. The van der Waals surface area contributed by atoms with Gasteiger partial charge in [0.15, 0.2) is 11.5 Å². The highest BCUT2D eigenvalue weighted by atomic mass is 32.2. The van der Waals surface area contributed by atoms with Gasteiger partial charge in [0.2, 0.25) is 0 Å². The molecular weight excluding hydrogens is 374 g/mol. The Hall–Kier alpha value is -2.70. The third-order valence-electron chi connectivity index (χ3n) is 4.83. The van der Waals surface area contributed by atoms with Gasteiger partial charge < -0.3 is 14.6 Å². The van der Waals surface area contributed by atoms with Crippen LogP contribution in [0.3, 0.4) is 0 Å². The lowest BCUT2D eigenvalue weighted by Gasteiger charge is -2.16. The van der Waals surface area contributed by atoms with E-state index in [9.17, 15) is 4.79 Å². The molecule has 5 nitrogen and oxygen atoms in total. The van der Waals surface area contributed by atoms with Crippen molar-refractivity contribution in [1.29, 1.82) is 0 Å². The van der Waals surface area contributed by atoms with Crippen LogP contribution in [0.15, 0.2) is 60.7 Å². The van der Waals surface area contributed by atoms with E-state index < -0.39 is 12.0 Å². The molecule has 1 aliphatic heterocycles. The quantitative estimate of drug-likeness (QED) is 0.652. The van der Waals surface area contributed by atoms with Gasteiger partial charge in [0.25, 0.3) is 0 Å². The molecule has 0 bridgehead atoms. The van der Waals surface area contributed by atoms with E-state index in [1.165, 1.54) is 10.8 Å². The third-order valence-corrected chi connectivity index (χ3v) is 6.10. The zero-order valence-corrected chi connectivity index (χ0v) is 16.2. The van der Waals surface area contributed by atoms with Gasteiger partial charge in [-0.25, -0.2) is 0 Å². The largest absolute Gasteiger partial charge is 0.493 e. The molecule has 2 atom stereocenters. The molecule has 3 aromatic rings. The van der Waals surface area contributed by atoms with Crippen molar-refractivity contribution >= 4 is 28.5 Å². The van der Waals surface area contributed by atoms with Crippen LogP contribution in [0.5, 0.6) is 11.5 Å². The Bertz CT molecular complexity index is 1000. The van der Waals surface area contributed by atoms with E-state index in [0.717, 1.165) is 11.1 Å². The SMILES string of the molecule is COc1cc(C2NC(C(=O)O)CS2)ccc1OCc1cccc2ccccc12. The van der Waals surface area contributed by atoms with E-state index in [2.05, 4.69) is 29.6 Å². The summed E-state index contributed by atoms with van der Waals surface area (Å²) in [6, 6.07) is 19.6. The maximum Gasteiger partial charge on any atom is 0.321 e. The topological polar surface area (TPSA) is 67.8 Å². The van der Waals surface area contributed by atoms with Gasteiger partial charge in [0, 0.05) is 5.75 Å². The molecule has 1 saturated heterocycles. The molecule has 3 aromatic carbocycles.